The minimum atomic E-state index is -0.308. The summed E-state index contributed by atoms with van der Waals surface area (Å²) in [5, 5.41) is 15.5. The quantitative estimate of drug-likeness (QED) is 0.717. The monoisotopic (exact) mass is 300 g/mol. The standard InChI is InChI=1S/C14H12N4O2S/c1-20-10-6-3-2-5-9(10)15-17-13-12(16-18-14(13)19)11-7-4-8-21-11/h2-8H,1H3,(H2,16,18,19). The molecule has 0 atom stereocenters. The molecule has 0 unspecified atom stereocenters. The number of nitrogens with zero attached hydrogens (tertiary/aromatic N) is 2. The van der Waals surface area contributed by atoms with Crippen molar-refractivity contribution in [3.63, 3.8) is 0 Å². The van der Waals surface area contributed by atoms with Crippen LogP contribution >= 0.6 is 11.3 Å². The van der Waals surface area contributed by atoms with E-state index in [0.29, 0.717) is 17.1 Å². The number of hydrogen-bond donors (Lipinski definition) is 2. The third-order valence-corrected chi connectivity index (χ3v) is 3.75. The number of ether oxygens (including phenoxy) is 1. The molecule has 0 saturated heterocycles. The highest BCUT2D eigenvalue weighted by Crippen LogP contribution is 2.32. The van der Waals surface area contributed by atoms with Crippen LogP contribution < -0.4 is 10.3 Å². The van der Waals surface area contributed by atoms with Crippen LogP contribution in [0, 0.1) is 0 Å². The van der Waals surface area contributed by atoms with Gasteiger partial charge >= 0.3 is 0 Å². The molecule has 2 aromatic heterocycles. The highest BCUT2D eigenvalue weighted by molar-refractivity contribution is 7.13. The molecule has 0 spiro atoms. The summed E-state index contributed by atoms with van der Waals surface area (Å²) in [5.74, 6) is 0.603. The van der Waals surface area contributed by atoms with E-state index in [1.54, 1.807) is 19.2 Å². The molecule has 6 nitrogen and oxygen atoms in total. The Morgan fingerprint density at radius 1 is 1.10 bits per heavy atom. The van der Waals surface area contributed by atoms with Gasteiger partial charge in [-0.3, -0.25) is 15.0 Å². The number of para-hydroxylation sites is 1. The molecule has 2 N–H and O–H groups in total. The third-order valence-electron chi connectivity index (χ3n) is 2.86. The third kappa shape index (κ3) is 2.63. The summed E-state index contributed by atoms with van der Waals surface area (Å²) in [4.78, 5) is 12.8. The molecule has 0 radical (unpaired) electrons. The van der Waals surface area contributed by atoms with E-state index in [1.807, 2.05) is 29.6 Å². The van der Waals surface area contributed by atoms with Gasteiger partial charge in [-0.1, -0.05) is 18.2 Å². The summed E-state index contributed by atoms with van der Waals surface area (Å²) in [5.41, 5.74) is 1.15. The molecule has 0 bridgehead atoms. The van der Waals surface area contributed by atoms with E-state index in [0.717, 1.165) is 4.88 Å². The van der Waals surface area contributed by atoms with Crippen molar-refractivity contribution in [1.29, 1.82) is 0 Å². The lowest BCUT2D eigenvalue weighted by atomic mass is 10.3. The number of hydrogen-bond acceptors (Lipinski definition) is 5. The van der Waals surface area contributed by atoms with Crippen LogP contribution in [0.3, 0.4) is 0 Å². The van der Waals surface area contributed by atoms with E-state index in [-0.39, 0.29) is 11.2 Å². The number of methoxy groups -OCH3 is 1. The van der Waals surface area contributed by atoms with Gasteiger partial charge in [0.05, 0.1) is 12.0 Å². The predicted molar refractivity (Wildman–Crippen MR) is 81.9 cm³/mol. The Morgan fingerprint density at radius 2 is 1.95 bits per heavy atom. The van der Waals surface area contributed by atoms with Crippen LogP contribution in [0.15, 0.2) is 56.8 Å². The Kier molecular flexibility index (Phi) is 3.65. The second-order valence-corrected chi connectivity index (χ2v) is 5.10. The summed E-state index contributed by atoms with van der Waals surface area (Å²) in [6.07, 6.45) is 0. The minimum absolute atomic E-state index is 0.253. The average Bonchev–Trinajstić information content (AvgIpc) is 3.15. The predicted octanol–water partition coefficient (Wildman–Crippen LogP) is 3.86. The molecule has 0 aliphatic heterocycles. The first-order chi connectivity index (χ1) is 10.3. The number of nitrogens with one attached hydrogen (secondary N) is 2. The Bertz CT molecular complexity index is 818. The number of H-pyrrole nitrogens is 2. The van der Waals surface area contributed by atoms with Crippen LogP contribution in [-0.4, -0.2) is 17.3 Å². The van der Waals surface area contributed by atoms with Crippen LogP contribution in [0.25, 0.3) is 10.6 Å². The lowest BCUT2D eigenvalue weighted by molar-refractivity contribution is 0.416. The summed E-state index contributed by atoms with van der Waals surface area (Å²) < 4.78 is 5.20. The van der Waals surface area contributed by atoms with E-state index in [9.17, 15) is 4.79 Å². The van der Waals surface area contributed by atoms with Crippen LogP contribution in [0.1, 0.15) is 0 Å². The van der Waals surface area contributed by atoms with Gasteiger partial charge in [-0.2, -0.15) is 0 Å². The first-order valence-corrected chi connectivity index (χ1v) is 7.07. The highest BCUT2D eigenvalue weighted by Gasteiger charge is 2.12. The lowest BCUT2D eigenvalue weighted by Gasteiger charge is -2.01. The Hall–Kier alpha value is -2.67. The van der Waals surface area contributed by atoms with E-state index in [1.165, 1.54) is 11.3 Å². The fourth-order valence-electron chi connectivity index (χ4n) is 1.86. The molecule has 2 heterocycles. The van der Waals surface area contributed by atoms with Crippen LogP contribution in [0.4, 0.5) is 11.4 Å². The molecule has 7 heteroatoms. The zero-order valence-corrected chi connectivity index (χ0v) is 12.0. The molecule has 0 aliphatic carbocycles. The highest BCUT2D eigenvalue weighted by atomic mass is 32.1. The van der Waals surface area contributed by atoms with Crippen molar-refractivity contribution in [3.05, 3.63) is 52.1 Å². The second-order valence-electron chi connectivity index (χ2n) is 4.15. The number of benzene rings is 1. The van der Waals surface area contributed by atoms with Gasteiger partial charge in [0.2, 0.25) is 0 Å². The van der Waals surface area contributed by atoms with Crippen LogP contribution in [0.2, 0.25) is 0 Å². The van der Waals surface area contributed by atoms with Gasteiger partial charge in [0.1, 0.15) is 17.1 Å². The number of azo groups is 1. The van der Waals surface area contributed by atoms with Crippen molar-refractivity contribution in [1.82, 2.24) is 10.2 Å². The zero-order valence-electron chi connectivity index (χ0n) is 11.2. The normalized spacial score (nSPS) is 11.1. The number of rotatable bonds is 4. The van der Waals surface area contributed by atoms with Crippen molar-refractivity contribution in [2.24, 2.45) is 10.2 Å². The summed E-state index contributed by atoms with van der Waals surface area (Å²) in [6.45, 7) is 0. The van der Waals surface area contributed by atoms with E-state index < -0.39 is 0 Å². The van der Waals surface area contributed by atoms with Crippen molar-refractivity contribution >= 4 is 22.7 Å². The zero-order chi connectivity index (χ0) is 14.7. The SMILES string of the molecule is COc1ccccc1N=Nc1c(-c2cccs2)[nH][nH]c1=O. The van der Waals surface area contributed by atoms with Gasteiger partial charge in [0.25, 0.3) is 5.56 Å². The fourth-order valence-corrected chi connectivity index (χ4v) is 2.59. The molecule has 3 aromatic rings. The average molecular weight is 300 g/mol. The van der Waals surface area contributed by atoms with E-state index >= 15 is 0 Å². The van der Waals surface area contributed by atoms with Gasteiger partial charge in [-0.15, -0.1) is 21.6 Å². The summed E-state index contributed by atoms with van der Waals surface area (Å²) >= 11 is 1.52. The molecule has 0 saturated carbocycles. The minimum Gasteiger partial charge on any atom is -0.494 e. The molecular weight excluding hydrogens is 288 g/mol. The largest absolute Gasteiger partial charge is 0.494 e. The van der Waals surface area contributed by atoms with Gasteiger partial charge in [0, 0.05) is 0 Å². The molecule has 3 rings (SSSR count). The molecule has 0 amide bonds. The second kappa shape index (κ2) is 5.76. The van der Waals surface area contributed by atoms with Gasteiger partial charge in [0.15, 0.2) is 5.69 Å². The van der Waals surface area contributed by atoms with Crippen LogP contribution in [-0.2, 0) is 0 Å². The lowest BCUT2D eigenvalue weighted by Crippen LogP contribution is -1.96. The molecule has 106 valence electrons. The van der Waals surface area contributed by atoms with E-state index in [4.69, 9.17) is 4.74 Å². The van der Waals surface area contributed by atoms with Crippen molar-refractivity contribution in [3.8, 4) is 16.3 Å². The van der Waals surface area contributed by atoms with E-state index in [2.05, 4.69) is 20.4 Å². The summed E-state index contributed by atoms with van der Waals surface area (Å²) in [6, 6.07) is 11.1. The van der Waals surface area contributed by atoms with Gasteiger partial charge in [-0.25, -0.2) is 0 Å². The number of thiophene rings is 1. The Balaban J connectivity index is 2.01. The fraction of sp³-hybridized carbons (Fsp3) is 0.0714. The maximum atomic E-state index is 11.8. The van der Waals surface area contributed by atoms with Crippen molar-refractivity contribution in [2.75, 3.05) is 7.11 Å². The van der Waals surface area contributed by atoms with Crippen molar-refractivity contribution in [2.45, 2.75) is 0 Å². The summed E-state index contributed by atoms with van der Waals surface area (Å²) in [7, 11) is 1.56. The Morgan fingerprint density at radius 3 is 2.71 bits per heavy atom. The maximum Gasteiger partial charge on any atom is 0.292 e. The van der Waals surface area contributed by atoms with Gasteiger partial charge in [-0.05, 0) is 23.6 Å². The molecule has 21 heavy (non-hydrogen) atoms. The molecule has 0 fully saturated rings. The maximum absolute atomic E-state index is 11.8. The first-order valence-electron chi connectivity index (χ1n) is 6.19. The molecule has 0 aliphatic rings. The Labute approximate surface area is 124 Å². The van der Waals surface area contributed by atoms with Crippen molar-refractivity contribution < 1.29 is 4.74 Å². The van der Waals surface area contributed by atoms with Crippen LogP contribution in [0.5, 0.6) is 5.75 Å². The smallest absolute Gasteiger partial charge is 0.292 e. The first kappa shape index (κ1) is 13.3. The molecule has 1 aromatic carbocycles. The molecular formula is C14H12N4O2S. The number of aromatic nitrogens is 2. The topological polar surface area (TPSA) is 82.6 Å². The van der Waals surface area contributed by atoms with Gasteiger partial charge < -0.3 is 4.74 Å². The number of aromatic amines is 2.